The van der Waals surface area contributed by atoms with E-state index in [1.54, 1.807) is 18.2 Å². The van der Waals surface area contributed by atoms with Crippen molar-refractivity contribution in [3.05, 3.63) is 77.6 Å². The number of para-hydroxylation sites is 1. The van der Waals surface area contributed by atoms with Crippen LogP contribution in [0.4, 0.5) is 17.3 Å². The number of aromatic nitrogens is 2. The van der Waals surface area contributed by atoms with Crippen molar-refractivity contribution >= 4 is 23.3 Å². The van der Waals surface area contributed by atoms with Gasteiger partial charge in [0.1, 0.15) is 17.5 Å². The maximum atomic E-state index is 11.9. The zero-order valence-electron chi connectivity index (χ0n) is 14.7. The number of carbonyl (C=O) groups excluding carboxylic acids is 1. The van der Waals surface area contributed by atoms with E-state index in [1.165, 1.54) is 7.11 Å². The Morgan fingerprint density at radius 1 is 1.00 bits per heavy atom. The number of nitrogens with one attached hydrogen (secondary N) is 2. The Morgan fingerprint density at radius 2 is 1.69 bits per heavy atom. The highest BCUT2D eigenvalue weighted by atomic mass is 16.5. The minimum atomic E-state index is -0.402. The second-order valence-corrected chi connectivity index (χ2v) is 5.69. The van der Waals surface area contributed by atoms with Crippen molar-refractivity contribution in [1.82, 2.24) is 9.97 Å². The minimum Gasteiger partial charge on any atom is -0.465 e. The molecule has 0 bridgehead atoms. The van der Waals surface area contributed by atoms with E-state index in [-0.39, 0.29) is 0 Å². The summed E-state index contributed by atoms with van der Waals surface area (Å²) in [4.78, 5) is 20.7. The van der Waals surface area contributed by atoms with Gasteiger partial charge in [0.05, 0.1) is 18.4 Å². The van der Waals surface area contributed by atoms with Gasteiger partial charge in [-0.2, -0.15) is 0 Å². The molecule has 0 aliphatic rings. The summed E-state index contributed by atoms with van der Waals surface area (Å²) in [7, 11) is 1.36. The lowest BCUT2D eigenvalue weighted by molar-refractivity contribution is 0.0602. The largest absolute Gasteiger partial charge is 0.465 e. The molecule has 0 aliphatic carbocycles. The number of esters is 1. The van der Waals surface area contributed by atoms with E-state index < -0.39 is 5.97 Å². The molecule has 0 radical (unpaired) electrons. The second-order valence-electron chi connectivity index (χ2n) is 5.69. The van der Waals surface area contributed by atoms with Crippen LogP contribution in [0.2, 0.25) is 0 Å². The molecule has 3 rings (SSSR count). The minimum absolute atomic E-state index is 0.402. The van der Waals surface area contributed by atoms with Crippen molar-refractivity contribution in [2.75, 3.05) is 17.7 Å². The summed E-state index contributed by atoms with van der Waals surface area (Å²) in [6.45, 7) is 2.49. The van der Waals surface area contributed by atoms with Crippen LogP contribution in [0.3, 0.4) is 0 Å². The predicted octanol–water partition coefficient (Wildman–Crippen LogP) is 3.93. The fourth-order valence-corrected chi connectivity index (χ4v) is 2.53. The number of aryl methyl sites for hydroxylation is 1. The molecular formula is C20H20N4O2. The summed E-state index contributed by atoms with van der Waals surface area (Å²) in [5.41, 5.74) is 2.24. The Hall–Kier alpha value is -3.41. The van der Waals surface area contributed by atoms with Gasteiger partial charge in [0.2, 0.25) is 0 Å². The normalized spacial score (nSPS) is 10.2. The van der Waals surface area contributed by atoms with Crippen molar-refractivity contribution in [1.29, 1.82) is 0 Å². The predicted molar refractivity (Wildman–Crippen MR) is 102 cm³/mol. The first-order chi connectivity index (χ1) is 12.7. The summed E-state index contributed by atoms with van der Waals surface area (Å²) >= 11 is 0. The van der Waals surface area contributed by atoms with Crippen molar-refractivity contribution in [2.45, 2.75) is 13.5 Å². The first-order valence-electron chi connectivity index (χ1n) is 8.23. The molecule has 3 aromatic rings. The van der Waals surface area contributed by atoms with Crippen LogP contribution < -0.4 is 10.6 Å². The molecule has 0 aliphatic heterocycles. The van der Waals surface area contributed by atoms with Gasteiger partial charge in [-0.1, -0.05) is 42.5 Å². The smallest absolute Gasteiger partial charge is 0.339 e. The van der Waals surface area contributed by atoms with Crippen LogP contribution in [0.1, 0.15) is 21.7 Å². The number of benzene rings is 2. The molecule has 0 saturated carbocycles. The summed E-state index contributed by atoms with van der Waals surface area (Å²) in [5, 5.41) is 6.47. The molecule has 26 heavy (non-hydrogen) atoms. The summed E-state index contributed by atoms with van der Waals surface area (Å²) in [6, 6.07) is 19.0. The standard InChI is InChI=1S/C20H20N4O2/c1-14-22-18(21-13-15-8-4-3-5-9-15)12-19(23-14)24-17-11-7-6-10-16(17)20(25)26-2/h3-12H,13H2,1-2H3,(H2,21,22,23,24). The summed E-state index contributed by atoms with van der Waals surface area (Å²) < 4.78 is 4.83. The van der Waals surface area contributed by atoms with E-state index in [1.807, 2.05) is 49.4 Å². The van der Waals surface area contributed by atoms with Crippen molar-refractivity contribution in [3.63, 3.8) is 0 Å². The van der Waals surface area contributed by atoms with Crippen LogP contribution in [0.15, 0.2) is 60.7 Å². The molecule has 2 aromatic carbocycles. The molecule has 1 aromatic heterocycles. The van der Waals surface area contributed by atoms with Crippen LogP contribution in [-0.2, 0) is 11.3 Å². The van der Waals surface area contributed by atoms with Crippen LogP contribution in [-0.4, -0.2) is 23.0 Å². The van der Waals surface area contributed by atoms with Gasteiger partial charge in [0.15, 0.2) is 0 Å². The van der Waals surface area contributed by atoms with Crippen LogP contribution in [0, 0.1) is 6.92 Å². The third-order valence-corrected chi connectivity index (χ3v) is 3.75. The number of nitrogens with zero attached hydrogens (tertiary/aromatic N) is 2. The fourth-order valence-electron chi connectivity index (χ4n) is 2.53. The van der Waals surface area contributed by atoms with Crippen molar-refractivity contribution < 1.29 is 9.53 Å². The van der Waals surface area contributed by atoms with E-state index in [2.05, 4.69) is 20.6 Å². The Kier molecular flexibility index (Phi) is 5.43. The highest BCUT2D eigenvalue weighted by Gasteiger charge is 2.12. The molecule has 6 heteroatoms. The molecule has 2 N–H and O–H groups in total. The lowest BCUT2D eigenvalue weighted by atomic mass is 10.2. The molecule has 0 saturated heterocycles. The van der Waals surface area contributed by atoms with Gasteiger partial charge < -0.3 is 15.4 Å². The quantitative estimate of drug-likeness (QED) is 0.658. The third-order valence-electron chi connectivity index (χ3n) is 3.75. The van der Waals surface area contributed by atoms with Crippen LogP contribution in [0.25, 0.3) is 0 Å². The van der Waals surface area contributed by atoms with E-state index in [9.17, 15) is 4.79 Å². The Balaban J connectivity index is 1.79. The molecule has 1 heterocycles. The number of hydrogen-bond acceptors (Lipinski definition) is 6. The maximum Gasteiger partial charge on any atom is 0.339 e. The lowest BCUT2D eigenvalue weighted by Gasteiger charge is -2.12. The molecule has 0 spiro atoms. The van der Waals surface area contributed by atoms with Crippen LogP contribution >= 0.6 is 0 Å². The molecule has 0 unspecified atom stereocenters. The lowest BCUT2D eigenvalue weighted by Crippen LogP contribution is -2.08. The Morgan fingerprint density at radius 3 is 2.46 bits per heavy atom. The van der Waals surface area contributed by atoms with Gasteiger partial charge in [-0.3, -0.25) is 0 Å². The number of anilines is 3. The first kappa shape index (κ1) is 17.4. The third kappa shape index (κ3) is 4.36. The Bertz CT molecular complexity index is 897. The molecular weight excluding hydrogens is 328 g/mol. The number of methoxy groups -OCH3 is 1. The van der Waals surface area contributed by atoms with Gasteiger partial charge in [0, 0.05) is 12.6 Å². The monoisotopic (exact) mass is 348 g/mol. The van der Waals surface area contributed by atoms with Gasteiger partial charge in [-0.05, 0) is 24.6 Å². The number of carbonyl (C=O) groups is 1. The van der Waals surface area contributed by atoms with E-state index in [0.29, 0.717) is 35.3 Å². The van der Waals surface area contributed by atoms with Crippen LogP contribution in [0.5, 0.6) is 0 Å². The SMILES string of the molecule is COC(=O)c1ccccc1Nc1cc(NCc2ccccc2)nc(C)n1. The van der Waals surface area contributed by atoms with Gasteiger partial charge in [-0.25, -0.2) is 14.8 Å². The number of hydrogen-bond donors (Lipinski definition) is 2. The maximum absolute atomic E-state index is 11.9. The molecule has 6 nitrogen and oxygen atoms in total. The van der Waals surface area contributed by atoms with Crippen molar-refractivity contribution in [2.24, 2.45) is 0 Å². The molecule has 0 fully saturated rings. The topological polar surface area (TPSA) is 76.1 Å². The number of rotatable bonds is 6. The second kappa shape index (κ2) is 8.11. The molecule has 0 atom stereocenters. The van der Waals surface area contributed by atoms with E-state index in [4.69, 9.17) is 4.74 Å². The zero-order chi connectivity index (χ0) is 18.4. The highest BCUT2D eigenvalue weighted by molar-refractivity contribution is 5.96. The Labute approximate surface area is 152 Å². The first-order valence-corrected chi connectivity index (χ1v) is 8.23. The fraction of sp³-hybridized carbons (Fsp3) is 0.150. The zero-order valence-corrected chi connectivity index (χ0v) is 14.7. The summed E-state index contributed by atoms with van der Waals surface area (Å²) in [6.07, 6.45) is 0. The average molecular weight is 348 g/mol. The van der Waals surface area contributed by atoms with E-state index >= 15 is 0 Å². The van der Waals surface area contributed by atoms with Gasteiger partial charge in [-0.15, -0.1) is 0 Å². The summed E-state index contributed by atoms with van der Waals surface area (Å²) in [5.74, 6) is 1.53. The number of ether oxygens (including phenoxy) is 1. The van der Waals surface area contributed by atoms with Crippen molar-refractivity contribution in [3.8, 4) is 0 Å². The molecule has 132 valence electrons. The van der Waals surface area contributed by atoms with Gasteiger partial charge in [0.25, 0.3) is 0 Å². The van der Waals surface area contributed by atoms with E-state index in [0.717, 1.165) is 5.56 Å². The highest BCUT2D eigenvalue weighted by Crippen LogP contribution is 2.22. The van der Waals surface area contributed by atoms with Gasteiger partial charge >= 0.3 is 5.97 Å². The molecule has 0 amide bonds. The average Bonchev–Trinajstić information content (AvgIpc) is 2.66.